The highest BCUT2D eigenvalue weighted by Crippen LogP contribution is 2.13. The summed E-state index contributed by atoms with van der Waals surface area (Å²) < 4.78 is 0. The molecule has 7 nitrogen and oxygen atoms in total. The van der Waals surface area contributed by atoms with Crippen LogP contribution in [0.15, 0.2) is 0 Å². The molecule has 5 N–H and O–H groups in total. The fourth-order valence-electron chi connectivity index (χ4n) is 2.39. The fourth-order valence-corrected chi connectivity index (χ4v) is 2.39. The first kappa shape index (κ1) is 23.4. The van der Waals surface area contributed by atoms with Crippen molar-refractivity contribution in [3.63, 3.8) is 0 Å². The van der Waals surface area contributed by atoms with Crippen LogP contribution in [0.4, 0.5) is 0 Å². The average molecular weight is 357 g/mol. The van der Waals surface area contributed by atoms with E-state index >= 15 is 0 Å². The molecule has 0 aliphatic rings. The van der Waals surface area contributed by atoms with E-state index in [0.717, 1.165) is 6.42 Å². The quantitative estimate of drug-likeness (QED) is 0.446. The number of carboxylic acid groups (broad SMARTS) is 1. The molecule has 0 aromatic rings. The normalized spacial score (nSPS) is 18.4. The zero-order chi connectivity index (χ0) is 19.7. The molecule has 0 heterocycles. The second-order valence-corrected chi connectivity index (χ2v) is 6.99. The summed E-state index contributed by atoms with van der Waals surface area (Å²) in [4.78, 5) is 36.4. The summed E-state index contributed by atoms with van der Waals surface area (Å²) in [6.45, 7) is 11.2. The van der Waals surface area contributed by atoms with Gasteiger partial charge in [0.05, 0.1) is 6.04 Å². The van der Waals surface area contributed by atoms with Gasteiger partial charge in [0.1, 0.15) is 12.1 Å². The Morgan fingerprint density at radius 2 is 1.20 bits per heavy atom. The largest absolute Gasteiger partial charge is 0.480 e. The molecule has 0 bridgehead atoms. The molecule has 0 unspecified atom stereocenters. The summed E-state index contributed by atoms with van der Waals surface area (Å²) in [5.74, 6) is -2.30. The van der Waals surface area contributed by atoms with Crippen molar-refractivity contribution in [2.45, 2.75) is 78.9 Å². The number of carbonyl (C=O) groups is 3. The summed E-state index contributed by atoms with van der Waals surface area (Å²) >= 11 is 0. The maximum Gasteiger partial charge on any atom is 0.326 e. The smallest absolute Gasteiger partial charge is 0.326 e. The van der Waals surface area contributed by atoms with Gasteiger partial charge in [0.15, 0.2) is 0 Å². The van der Waals surface area contributed by atoms with Gasteiger partial charge >= 0.3 is 5.97 Å². The zero-order valence-corrected chi connectivity index (χ0v) is 16.3. The number of nitrogens with one attached hydrogen (secondary N) is 2. The summed E-state index contributed by atoms with van der Waals surface area (Å²) in [6.07, 6.45) is 2.04. The maximum absolute atomic E-state index is 12.6. The fraction of sp³-hybridized carbons (Fsp3) is 0.833. The van der Waals surface area contributed by atoms with Crippen LogP contribution in [0.5, 0.6) is 0 Å². The Bertz CT molecular complexity index is 456. The Morgan fingerprint density at radius 3 is 1.60 bits per heavy atom. The van der Waals surface area contributed by atoms with E-state index in [1.165, 1.54) is 0 Å². The third-order valence-corrected chi connectivity index (χ3v) is 5.13. The van der Waals surface area contributed by atoms with Crippen LogP contribution in [-0.4, -0.2) is 41.0 Å². The number of hydrogen-bond acceptors (Lipinski definition) is 4. The third-order valence-electron chi connectivity index (χ3n) is 5.13. The number of rotatable bonds is 11. The predicted molar refractivity (Wildman–Crippen MR) is 97.8 cm³/mol. The van der Waals surface area contributed by atoms with Gasteiger partial charge in [0.2, 0.25) is 11.8 Å². The molecule has 146 valence electrons. The molecule has 0 radical (unpaired) electrons. The first-order valence-corrected chi connectivity index (χ1v) is 9.19. The Labute approximate surface area is 151 Å². The van der Waals surface area contributed by atoms with Crippen molar-refractivity contribution in [2.75, 3.05) is 0 Å². The number of nitrogens with two attached hydrogens (primary N) is 1. The van der Waals surface area contributed by atoms with Gasteiger partial charge in [-0.3, -0.25) is 9.59 Å². The summed E-state index contributed by atoms with van der Waals surface area (Å²) in [5, 5.41) is 14.6. The van der Waals surface area contributed by atoms with Crippen molar-refractivity contribution >= 4 is 17.8 Å². The first-order chi connectivity index (χ1) is 11.6. The second-order valence-electron chi connectivity index (χ2n) is 6.99. The van der Waals surface area contributed by atoms with Crippen LogP contribution in [0, 0.1) is 17.8 Å². The van der Waals surface area contributed by atoms with Gasteiger partial charge in [-0.25, -0.2) is 4.79 Å². The molecule has 0 aromatic carbocycles. The van der Waals surface area contributed by atoms with Crippen LogP contribution >= 0.6 is 0 Å². The minimum Gasteiger partial charge on any atom is -0.480 e. The summed E-state index contributed by atoms with van der Waals surface area (Å²) in [7, 11) is 0. The van der Waals surface area contributed by atoms with Gasteiger partial charge in [0, 0.05) is 0 Å². The maximum atomic E-state index is 12.6. The topological polar surface area (TPSA) is 122 Å². The van der Waals surface area contributed by atoms with Crippen molar-refractivity contribution in [3.8, 4) is 0 Å². The first-order valence-electron chi connectivity index (χ1n) is 9.19. The van der Waals surface area contributed by atoms with E-state index in [1.807, 2.05) is 34.6 Å². The Kier molecular flexibility index (Phi) is 10.4. The Morgan fingerprint density at radius 1 is 0.800 bits per heavy atom. The third kappa shape index (κ3) is 7.02. The number of amides is 2. The molecule has 25 heavy (non-hydrogen) atoms. The minimum absolute atomic E-state index is 0.00692. The molecule has 7 heteroatoms. The highest BCUT2D eigenvalue weighted by Gasteiger charge is 2.33. The Balaban J connectivity index is 5.23. The van der Waals surface area contributed by atoms with Gasteiger partial charge in [-0.05, 0) is 17.8 Å². The van der Waals surface area contributed by atoms with Gasteiger partial charge in [-0.15, -0.1) is 0 Å². The van der Waals surface area contributed by atoms with Crippen molar-refractivity contribution in [2.24, 2.45) is 23.5 Å². The molecule has 2 amide bonds. The second kappa shape index (κ2) is 11.1. The van der Waals surface area contributed by atoms with Crippen LogP contribution in [0.1, 0.15) is 60.8 Å². The SMILES string of the molecule is CC[C@@H](C)[C@H](NC(=O)[C@@H](NC(=O)[C@@H](N)[C@@H](C)CC)[C@H](C)CC)C(=O)O. The van der Waals surface area contributed by atoms with Crippen LogP contribution in [-0.2, 0) is 14.4 Å². The lowest BCUT2D eigenvalue weighted by Gasteiger charge is -2.29. The molecule has 6 atom stereocenters. The lowest BCUT2D eigenvalue weighted by atomic mass is 9.94. The molecule has 0 spiro atoms. The predicted octanol–water partition coefficient (Wildman–Crippen LogP) is 1.51. The van der Waals surface area contributed by atoms with Crippen molar-refractivity contribution in [1.29, 1.82) is 0 Å². The monoisotopic (exact) mass is 357 g/mol. The van der Waals surface area contributed by atoms with E-state index in [0.29, 0.717) is 12.8 Å². The molecule has 0 saturated heterocycles. The number of hydrogen-bond donors (Lipinski definition) is 4. The van der Waals surface area contributed by atoms with E-state index in [4.69, 9.17) is 5.73 Å². The molecular weight excluding hydrogens is 322 g/mol. The van der Waals surface area contributed by atoms with E-state index in [9.17, 15) is 19.5 Å². The number of aliphatic carboxylic acids is 1. The summed E-state index contributed by atoms with van der Waals surface area (Å²) in [5.41, 5.74) is 5.94. The molecule has 0 aliphatic heterocycles. The number of carbonyl (C=O) groups excluding carboxylic acids is 2. The van der Waals surface area contributed by atoms with Crippen LogP contribution in [0.25, 0.3) is 0 Å². The average Bonchev–Trinajstić information content (AvgIpc) is 2.60. The molecular formula is C18H35N3O4. The molecule has 0 fully saturated rings. The van der Waals surface area contributed by atoms with Crippen LogP contribution in [0.3, 0.4) is 0 Å². The number of carboxylic acids is 1. The Hall–Kier alpha value is -1.63. The zero-order valence-electron chi connectivity index (χ0n) is 16.3. The standard InChI is InChI=1S/C18H35N3O4/c1-7-10(4)13(19)16(22)20-14(11(5)8-2)17(23)21-15(18(24)25)12(6)9-3/h10-15H,7-9,19H2,1-6H3,(H,20,22)(H,21,23)(H,24,25)/t10-,11+,12+,13-,14-,15-/m0/s1. The van der Waals surface area contributed by atoms with E-state index < -0.39 is 30.0 Å². The molecule has 0 aliphatic carbocycles. The van der Waals surface area contributed by atoms with Crippen LogP contribution in [0.2, 0.25) is 0 Å². The van der Waals surface area contributed by atoms with Crippen molar-refractivity contribution in [1.82, 2.24) is 10.6 Å². The van der Waals surface area contributed by atoms with Crippen molar-refractivity contribution < 1.29 is 19.5 Å². The summed E-state index contributed by atoms with van der Waals surface area (Å²) in [6, 6.07) is -2.49. The van der Waals surface area contributed by atoms with Gasteiger partial charge in [0.25, 0.3) is 0 Å². The lowest BCUT2D eigenvalue weighted by Crippen LogP contribution is -2.58. The van der Waals surface area contributed by atoms with E-state index in [-0.39, 0.29) is 23.7 Å². The highest BCUT2D eigenvalue weighted by molar-refractivity contribution is 5.92. The van der Waals surface area contributed by atoms with Crippen molar-refractivity contribution in [3.05, 3.63) is 0 Å². The van der Waals surface area contributed by atoms with E-state index in [1.54, 1.807) is 6.92 Å². The van der Waals surface area contributed by atoms with Gasteiger partial charge < -0.3 is 21.5 Å². The van der Waals surface area contributed by atoms with Crippen LogP contribution < -0.4 is 16.4 Å². The minimum atomic E-state index is -1.08. The van der Waals surface area contributed by atoms with E-state index in [2.05, 4.69) is 10.6 Å². The molecule has 0 rings (SSSR count). The van der Waals surface area contributed by atoms with Gasteiger partial charge in [-0.2, -0.15) is 0 Å². The van der Waals surface area contributed by atoms with Gasteiger partial charge in [-0.1, -0.05) is 60.8 Å². The molecule has 0 aromatic heterocycles. The lowest BCUT2D eigenvalue weighted by molar-refractivity contribution is -0.144. The molecule has 0 saturated carbocycles. The highest BCUT2D eigenvalue weighted by atomic mass is 16.4.